The van der Waals surface area contributed by atoms with Gasteiger partial charge in [-0.15, -0.1) is 0 Å². The maximum absolute atomic E-state index is 6.04. The molecule has 0 bridgehead atoms. The zero-order chi connectivity index (χ0) is 13.9. The summed E-state index contributed by atoms with van der Waals surface area (Å²) in [6, 6.07) is 16.2. The first kappa shape index (κ1) is 13.2. The van der Waals surface area contributed by atoms with Gasteiger partial charge in [0.2, 0.25) is 0 Å². The summed E-state index contributed by atoms with van der Waals surface area (Å²) in [5.74, 6) is 0. The van der Waals surface area contributed by atoms with Gasteiger partial charge in [0.1, 0.15) is 0 Å². The average molecular weight is 286 g/mol. The van der Waals surface area contributed by atoms with Crippen LogP contribution in [0, 0.1) is 0 Å². The second-order valence-corrected chi connectivity index (χ2v) is 5.22. The van der Waals surface area contributed by atoms with Crippen LogP contribution in [-0.4, -0.2) is 16.8 Å². The van der Waals surface area contributed by atoms with Gasteiger partial charge in [-0.2, -0.15) is 5.10 Å². The van der Waals surface area contributed by atoms with Gasteiger partial charge in [0.25, 0.3) is 0 Å². The largest absolute Gasteiger partial charge is 0.314 e. The molecule has 0 unspecified atom stereocenters. The number of nitrogens with one attached hydrogen (secondary N) is 1. The number of benzene rings is 2. The van der Waals surface area contributed by atoms with E-state index in [1.165, 1.54) is 5.39 Å². The Bertz CT molecular complexity index is 733. The lowest BCUT2D eigenvalue weighted by Gasteiger charge is -2.04. The summed E-state index contributed by atoms with van der Waals surface area (Å²) in [5, 5.41) is 9.84. The van der Waals surface area contributed by atoms with Crippen LogP contribution < -0.4 is 5.32 Å². The molecule has 3 rings (SSSR count). The molecule has 4 heteroatoms. The summed E-state index contributed by atoms with van der Waals surface area (Å²) < 4.78 is 2.04. The minimum atomic E-state index is 0.727. The normalized spacial score (nSPS) is 11.1. The summed E-state index contributed by atoms with van der Waals surface area (Å²) in [6.07, 6.45) is 0. The highest BCUT2D eigenvalue weighted by molar-refractivity contribution is 6.30. The summed E-state index contributed by atoms with van der Waals surface area (Å²) in [4.78, 5) is 0. The van der Waals surface area contributed by atoms with Crippen LogP contribution in [0.25, 0.3) is 10.9 Å². The predicted molar refractivity (Wildman–Crippen MR) is 83.1 cm³/mol. The van der Waals surface area contributed by atoms with Crippen molar-refractivity contribution in [1.29, 1.82) is 0 Å². The maximum Gasteiger partial charge on any atom is 0.0841 e. The van der Waals surface area contributed by atoms with Crippen molar-refractivity contribution in [2.45, 2.75) is 13.1 Å². The number of halogens is 1. The Morgan fingerprint density at radius 3 is 2.80 bits per heavy atom. The van der Waals surface area contributed by atoms with E-state index in [0.717, 1.165) is 34.9 Å². The van der Waals surface area contributed by atoms with E-state index in [9.17, 15) is 0 Å². The summed E-state index contributed by atoms with van der Waals surface area (Å²) >= 11 is 6.04. The van der Waals surface area contributed by atoms with Crippen LogP contribution in [-0.2, 0) is 13.1 Å². The Morgan fingerprint density at radius 1 is 1.15 bits per heavy atom. The van der Waals surface area contributed by atoms with Crippen LogP contribution in [0.4, 0.5) is 0 Å². The molecular weight excluding hydrogens is 270 g/mol. The molecule has 0 aliphatic rings. The molecule has 1 N–H and O–H groups in total. The topological polar surface area (TPSA) is 29.9 Å². The SMILES string of the molecule is CNCc1nn(Cc2cccc(Cl)c2)c2ccccc12. The van der Waals surface area contributed by atoms with E-state index in [4.69, 9.17) is 16.7 Å². The second kappa shape index (κ2) is 5.65. The number of aromatic nitrogens is 2. The van der Waals surface area contributed by atoms with Crippen LogP contribution in [0.15, 0.2) is 48.5 Å². The molecule has 0 atom stereocenters. The third-order valence-corrected chi connectivity index (χ3v) is 3.54. The van der Waals surface area contributed by atoms with Crippen LogP contribution in [0.2, 0.25) is 5.02 Å². The number of nitrogens with zero attached hydrogens (tertiary/aromatic N) is 2. The molecule has 0 amide bonds. The Morgan fingerprint density at radius 2 is 2.00 bits per heavy atom. The molecule has 20 heavy (non-hydrogen) atoms. The molecule has 1 aromatic heterocycles. The van der Waals surface area contributed by atoms with E-state index in [-0.39, 0.29) is 0 Å². The van der Waals surface area contributed by atoms with Crippen LogP contribution in [0.5, 0.6) is 0 Å². The molecule has 0 fully saturated rings. The van der Waals surface area contributed by atoms with E-state index >= 15 is 0 Å². The first-order valence-electron chi connectivity index (χ1n) is 6.61. The molecule has 3 nitrogen and oxygen atoms in total. The number of rotatable bonds is 4. The molecule has 0 aliphatic heterocycles. The first-order chi connectivity index (χ1) is 9.78. The molecule has 102 valence electrons. The zero-order valence-corrected chi connectivity index (χ0v) is 12.1. The number of fused-ring (bicyclic) bond motifs is 1. The van der Waals surface area contributed by atoms with Gasteiger partial charge in [0.05, 0.1) is 17.8 Å². The van der Waals surface area contributed by atoms with E-state index in [1.54, 1.807) is 0 Å². The van der Waals surface area contributed by atoms with Crippen LogP contribution >= 0.6 is 11.6 Å². The monoisotopic (exact) mass is 285 g/mol. The fourth-order valence-electron chi connectivity index (χ4n) is 2.42. The summed E-state index contributed by atoms with van der Waals surface area (Å²) in [6.45, 7) is 1.49. The Balaban J connectivity index is 2.03. The minimum absolute atomic E-state index is 0.727. The highest BCUT2D eigenvalue weighted by atomic mass is 35.5. The Hall–Kier alpha value is -1.84. The van der Waals surface area contributed by atoms with Gasteiger partial charge < -0.3 is 5.32 Å². The van der Waals surface area contributed by atoms with Crippen molar-refractivity contribution in [3.8, 4) is 0 Å². The molecule has 0 spiro atoms. The number of hydrogen-bond acceptors (Lipinski definition) is 2. The first-order valence-corrected chi connectivity index (χ1v) is 6.99. The number of hydrogen-bond donors (Lipinski definition) is 1. The van der Waals surface area contributed by atoms with Gasteiger partial charge >= 0.3 is 0 Å². The predicted octanol–water partition coefficient (Wildman–Crippen LogP) is 3.46. The van der Waals surface area contributed by atoms with E-state index in [0.29, 0.717) is 0 Å². The van der Waals surface area contributed by atoms with Crippen molar-refractivity contribution in [2.24, 2.45) is 0 Å². The molecule has 0 radical (unpaired) electrons. The van der Waals surface area contributed by atoms with Crippen molar-refractivity contribution in [3.05, 3.63) is 64.8 Å². The van der Waals surface area contributed by atoms with E-state index in [1.807, 2.05) is 42.1 Å². The average Bonchev–Trinajstić information content (AvgIpc) is 2.78. The van der Waals surface area contributed by atoms with Crippen LogP contribution in [0.3, 0.4) is 0 Å². The lowest BCUT2D eigenvalue weighted by Crippen LogP contribution is -2.07. The fraction of sp³-hybridized carbons (Fsp3) is 0.188. The van der Waals surface area contributed by atoms with Crippen molar-refractivity contribution >= 4 is 22.5 Å². The molecular formula is C16H16ClN3. The second-order valence-electron chi connectivity index (χ2n) is 4.78. The quantitative estimate of drug-likeness (QED) is 0.796. The highest BCUT2D eigenvalue weighted by Gasteiger charge is 2.09. The fourth-order valence-corrected chi connectivity index (χ4v) is 2.64. The van der Waals surface area contributed by atoms with Crippen molar-refractivity contribution < 1.29 is 0 Å². The minimum Gasteiger partial charge on any atom is -0.314 e. The van der Waals surface area contributed by atoms with Crippen molar-refractivity contribution in [3.63, 3.8) is 0 Å². The zero-order valence-electron chi connectivity index (χ0n) is 11.3. The Labute approximate surface area is 123 Å². The standard InChI is InChI=1S/C16H16ClN3/c1-18-10-15-14-7-2-3-8-16(14)20(19-15)11-12-5-4-6-13(17)9-12/h2-9,18H,10-11H2,1H3. The van der Waals surface area contributed by atoms with Gasteiger partial charge in [-0.05, 0) is 30.8 Å². The lowest BCUT2D eigenvalue weighted by atomic mass is 10.2. The summed E-state index contributed by atoms with van der Waals surface area (Å²) in [7, 11) is 1.94. The molecule has 3 aromatic rings. The van der Waals surface area contributed by atoms with Crippen LogP contribution in [0.1, 0.15) is 11.3 Å². The third kappa shape index (κ3) is 2.55. The Kier molecular flexibility index (Phi) is 3.72. The molecule has 0 saturated heterocycles. The van der Waals surface area contributed by atoms with Gasteiger partial charge in [-0.1, -0.05) is 41.9 Å². The van der Waals surface area contributed by atoms with E-state index < -0.39 is 0 Å². The third-order valence-electron chi connectivity index (χ3n) is 3.30. The molecule has 1 heterocycles. The smallest absolute Gasteiger partial charge is 0.0841 e. The maximum atomic E-state index is 6.04. The van der Waals surface area contributed by atoms with Gasteiger partial charge in [-0.3, -0.25) is 4.68 Å². The van der Waals surface area contributed by atoms with Gasteiger partial charge in [0, 0.05) is 17.0 Å². The summed E-state index contributed by atoms with van der Waals surface area (Å²) in [5.41, 5.74) is 3.38. The highest BCUT2D eigenvalue weighted by Crippen LogP contribution is 2.20. The molecule has 0 saturated carbocycles. The van der Waals surface area contributed by atoms with Crippen molar-refractivity contribution in [1.82, 2.24) is 15.1 Å². The molecule has 2 aromatic carbocycles. The van der Waals surface area contributed by atoms with Gasteiger partial charge in [-0.25, -0.2) is 0 Å². The lowest BCUT2D eigenvalue weighted by molar-refractivity contribution is 0.677. The van der Waals surface area contributed by atoms with Gasteiger partial charge in [0.15, 0.2) is 0 Å². The number of para-hydroxylation sites is 1. The molecule has 0 aliphatic carbocycles. The van der Waals surface area contributed by atoms with E-state index in [2.05, 4.69) is 23.5 Å². The van der Waals surface area contributed by atoms with Crippen molar-refractivity contribution in [2.75, 3.05) is 7.05 Å².